The fourth-order valence-electron chi connectivity index (χ4n) is 3.24. The Hall–Kier alpha value is -3.63. The molecule has 0 bridgehead atoms. The standard InChI is InChI=1S/C23H19N5O3S2/c1-2-30-16-10-11-17-19(13-16)33-22(24-17)25-20(29)14-32-23-27-26-21(18-9-6-12-31-18)28(23)15-7-4-3-5-8-15/h3-13H,2,14H2,1H3,(H,24,25,29). The second-order valence-electron chi connectivity index (χ2n) is 6.87. The highest BCUT2D eigenvalue weighted by Gasteiger charge is 2.19. The van der Waals surface area contributed by atoms with E-state index in [1.807, 2.05) is 66.1 Å². The zero-order valence-electron chi connectivity index (χ0n) is 17.6. The van der Waals surface area contributed by atoms with Gasteiger partial charge in [0.1, 0.15) is 5.75 Å². The van der Waals surface area contributed by atoms with Crippen molar-refractivity contribution in [3.63, 3.8) is 0 Å². The third-order valence-corrected chi connectivity index (χ3v) is 6.50. The first kappa shape index (κ1) is 21.2. The second-order valence-corrected chi connectivity index (χ2v) is 8.85. The van der Waals surface area contributed by atoms with Crippen LogP contribution in [0.1, 0.15) is 6.92 Å². The molecule has 0 saturated heterocycles. The van der Waals surface area contributed by atoms with Crippen molar-refractivity contribution < 1.29 is 13.9 Å². The lowest BCUT2D eigenvalue weighted by molar-refractivity contribution is -0.113. The summed E-state index contributed by atoms with van der Waals surface area (Å²) in [4.78, 5) is 17.1. The molecule has 8 nitrogen and oxygen atoms in total. The van der Waals surface area contributed by atoms with Gasteiger partial charge in [-0.2, -0.15) is 0 Å². The Morgan fingerprint density at radius 2 is 2.03 bits per heavy atom. The van der Waals surface area contributed by atoms with Crippen LogP contribution in [-0.2, 0) is 4.79 Å². The number of thioether (sulfide) groups is 1. The summed E-state index contributed by atoms with van der Waals surface area (Å²) < 4.78 is 13.9. The van der Waals surface area contributed by atoms with E-state index in [1.54, 1.807) is 12.3 Å². The van der Waals surface area contributed by atoms with Gasteiger partial charge in [-0.05, 0) is 49.4 Å². The van der Waals surface area contributed by atoms with Crippen LogP contribution in [0.4, 0.5) is 5.13 Å². The third kappa shape index (κ3) is 4.62. The van der Waals surface area contributed by atoms with Crippen molar-refractivity contribution in [1.82, 2.24) is 19.7 Å². The van der Waals surface area contributed by atoms with Gasteiger partial charge in [-0.25, -0.2) is 4.98 Å². The minimum Gasteiger partial charge on any atom is -0.494 e. The van der Waals surface area contributed by atoms with Crippen molar-refractivity contribution in [2.75, 3.05) is 17.7 Å². The van der Waals surface area contributed by atoms with Gasteiger partial charge >= 0.3 is 0 Å². The Morgan fingerprint density at radius 3 is 2.82 bits per heavy atom. The molecular formula is C23H19N5O3S2. The van der Waals surface area contributed by atoms with Crippen molar-refractivity contribution in [3.05, 3.63) is 66.9 Å². The molecule has 0 aliphatic heterocycles. The van der Waals surface area contributed by atoms with E-state index in [1.165, 1.54) is 23.1 Å². The second kappa shape index (κ2) is 9.47. The van der Waals surface area contributed by atoms with E-state index in [-0.39, 0.29) is 11.7 Å². The molecule has 5 rings (SSSR count). The molecule has 0 spiro atoms. The van der Waals surface area contributed by atoms with Gasteiger partial charge in [0.05, 0.1) is 28.8 Å². The average Bonchev–Trinajstić information content (AvgIpc) is 3.57. The number of furan rings is 1. The summed E-state index contributed by atoms with van der Waals surface area (Å²) in [5.41, 5.74) is 1.70. The van der Waals surface area contributed by atoms with Crippen molar-refractivity contribution in [2.45, 2.75) is 12.1 Å². The molecule has 0 aliphatic rings. The molecule has 0 unspecified atom stereocenters. The van der Waals surface area contributed by atoms with Gasteiger partial charge in [0.2, 0.25) is 11.7 Å². The molecule has 33 heavy (non-hydrogen) atoms. The van der Waals surface area contributed by atoms with Crippen LogP contribution in [0.15, 0.2) is 76.5 Å². The molecule has 3 aromatic heterocycles. The quantitative estimate of drug-likeness (QED) is 0.304. The number of rotatable bonds is 8. The summed E-state index contributed by atoms with van der Waals surface area (Å²) in [6.07, 6.45) is 1.59. The molecule has 166 valence electrons. The van der Waals surface area contributed by atoms with Gasteiger partial charge in [-0.3, -0.25) is 9.36 Å². The molecule has 10 heteroatoms. The van der Waals surface area contributed by atoms with E-state index in [0.29, 0.717) is 28.5 Å². The highest BCUT2D eigenvalue weighted by atomic mass is 32.2. The Kier molecular flexibility index (Phi) is 6.09. The normalized spacial score (nSPS) is 11.1. The van der Waals surface area contributed by atoms with Crippen molar-refractivity contribution in [2.24, 2.45) is 0 Å². The molecule has 2 aromatic carbocycles. The molecule has 1 amide bonds. The molecule has 0 atom stereocenters. The lowest BCUT2D eigenvalue weighted by Crippen LogP contribution is -2.14. The van der Waals surface area contributed by atoms with Crippen LogP contribution >= 0.6 is 23.1 Å². The summed E-state index contributed by atoms with van der Waals surface area (Å²) in [6.45, 7) is 2.54. The van der Waals surface area contributed by atoms with Crippen LogP contribution < -0.4 is 10.1 Å². The highest BCUT2D eigenvalue weighted by Crippen LogP contribution is 2.31. The fourth-order valence-corrected chi connectivity index (χ4v) is 4.90. The first-order valence-corrected chi connectivity index (χ1v) is 12.0. The van der Waals surface area contributed by atoms with E-state index in [2.05, 4.69) is 20.5 Å². The first-order valence-electron chi connectivity index (χ1n) is 10.2. The van der Waals surface area contributed by atoms with Gasteiger partial charge in [-0.1, -0.05) is 41.3 Å². The number of hydrogen-bond donors (Lipinski definition) is 1. The summed E-state index contributed by atoms with van der Waals surface area (Å²) in [7, 11) is 0. The highest BCUT2D eigenvalue weighted by molar-refractivity contribution is 7.99. The monoisotopic (exact) mass is 477 g/mol. The maximum absolute atomic E-state index is 12.6. The van der Waals surface area contributed by atoms with E-state index in [0.717, 1.165) is 21.7 Å². The van der Waals surface area contributed by atoms with Crippen LogP contribution in [0.3, 0.4) is 0 Å². The zero-order valence-corrected chi connectivity index (χ0v) is 19.2. The smallest absolute Gasteiger partial charge is 0.236 e. The third-order valence-electron chi connectivity index (χ3n) is 4.64. The molecule has 1 N–H and O–H groups in total. The minimum atomic E-state index is -0.175. The Balaban J connectivity index is 1.32. The Labute approximate surface area is 197 Å². The van der Waals surface area contributed by atoms with Crippen LogP contribution in [0.2, 0.25) is 0 Å². The van der Waals surface area contributed by atoms with Crippen LogP contribution in [-0.4, -0.2) is 38.0 Å². The Morgan fingerprint density at radius 1 is 1.15 bits per heavy atom. The molecule has 0 aliphatic carbocycles. The number of carbonyl (C=O) groups excluding carboxylic acids is 1. The van der Waals surface area contributed by atoms with Gasteiger partial charge < -0.3 is 14.5 Å². The first-order chi connectivity index (χ1) is 16.2. The average molecular weight is 478 g/mol. The molecule has 0 fully saturated rings. The van der Waals surface area contributed by atoms with Crippen molar-refractivity contribution in [1.29, 1.82) is 0 Å². The molecule has 0 radical (unpaired) electrons. The van der Waals surface area contributed by atoms with Gasteiger partial charge in [-0.15, -0.1) is 10.2 Å². The minimum absolute atomic E-state index is 0.156. The summed E-state index contributed by atoms with van der Waals surface area (Å²) in [5, 5.41) is 12.6. The number of hydrogen-bond acceptors (Lipinski definition) is 8. The SMILES string of the molecule is CCOc1ccc2nc(NC(=O)CSc3nnc(-c4ccco4)n3-c3ccccc3)sc2c1. The maximum Gasteiger partial charge on any atom is 0.236 e. The van der Waals surface area contributed by atoms with Crippen LogP contribution in [0.5, 0.6) is 5.75 Å². The predicted octanol–water partition coefficient (Wildman–Crippen LogP) is 5.27. The number of nitrogens with one attached hydrogen (secondary N) is 1. The Bertz CT molecular complexity index is 1380. The summed E-state index contributed by atoms with van der Waals surface area (Å²) >= 11 is 2.71. The summed E-state index contributed by atoms with van der Waals surface area (Å²) in [5.74, 6) is 1.94. The molecular weight excluding hydrogens is 458 g/mol. The number of benzene rings is 2. The van der Waals surface area contributed by atoms with E-state index in [9.17, 15) is 4.79 Å². The largest absolute Gasteiger partial charge is 0.494 e. The number of amides is 1. The van der Waals surface area contributed by atoms with E-state index >= 15 is 0 Å². The predicted molar refractivity (Wildman–Crippen MR) is 129 cm³/mol. The molecule has 3 heterocycles. The van der Waals surface area contributed by atoms with E-state index < -0.39 is 0 Å². The van der Waals surface area contributed by atoms with Crippen LogP contribution in [0, 0.1) is 0 Å². The lowest BCUT2D eigenvalue weighted by atomic mass is 10.3. The van der Waals surface area contributed by atoms with Gasteiger partial charge in [0.25, 0.3) is 0 Å². The number of carbonyl (C=O) groups is 1. The number of ether oxygens (including phenoxy) is 1. The van der Waals surface area contributed by atoms with Gasteiger partial charge in [0, 0.05) is 5.69 Å². The number of thiazole rings is 1. The number of aromatic nitrogens is 4. The number of para-hydroxylation sites is 1. The topological polar surface area (TPSA) is 95.1 Å². The number of nitrogens with zero attached hydrogens (tertiary/aromatic N) is 4. The number of anilines is 1. The van der Waals surface area contributed by atoms with Crippen LogP contribution in [0.25, 0.3) is 27.5 Å². The molecule has 5 aromatic rings. The fraction of sp³-hybridized carbons (Fsp3) is 0.130. The summed E-state index contributed by atoms with van der Waals surface area (Å²) in [6, 6.07) is 19.0. The molecule has 0 saturated carbocycles. The number of fused-ring (bicyclic) bond motifs is 1. The van der Waals surface area contributed by atoms with Crippen molar-refractivity contribution >= 4 is 44.4 Å². The zero-order chi connectivity index (χ0) is 22.6. The lowest BCUT2D eigenvalue weighted by Gasteiger charge is -2.08. The van der Waals surface area contributed by atoms with E-state index in [4.69, 9.17) is 9.15 Å². The van der Waals surface area contributed by atoms with Gasteiger partial charge in [0.15, 0.2) is 16.0 Å². The van der Waals surface area contributed by atoms with Crippen molar-refractivity contribution in [3.8, 4) is 23.0 Å². The maximum atomic E-state index is 12.6.